The van der Waals surface area contributed by atoms with E-state index >= 15 is 0 Å². The van der Waals surface area contributed by atoms with E-state index in [2.05, 4.69) is 47.4 Å². The van der Waals surface area contributed by atoms with Crippen LogP contribution in [0.1, 0.15) is 5.56 Å². The molecule has 0 saturated carbocycles. The first-order chi connectivity index (χ1) is 10.6. The second kappa shape index (κ2) is 7.77. The number of rotatable bonds is 3. The van der Waals surface area contributed by atoms with Crippen LogP contribution < -0.4 is 5.43 Å². The van der Waals surface area contributed by atoms with Gasteiger partial charge in [0.25, 0.3) is 0 Å². The first-order valence-corrected chi connectivity index (χ1v) is 8.05. The maximum Gasteiger partial charge on any atom is 0.146 e. The van der Waals surface area contributed by atoms with Crippen molar-refractivity contribution in [2.24, 2.45) is 5.10 Å². The SMILES string of the molecule is Cl.Oc1c(Br)cc(/C=N/Nc2ccc3ccccc3n2)cc1Br. The molecule has 0 atom stereocenters. The number of benzene rings is 2. The Balaban J connectivity index is 0.00000192. The van der Waals surface area contributed by atoms with Gasteiger partial charge in [0.2, 0.25) is 0 Å². The van der Waals surface area contributed by atoms with E-state index in [4.69, 9.17) is 0 Å². The molecule has 0 bridgehead atoms. The van der Waals surface area contributed by atoms with Crippen LogP contribution in [0.4, 0.5) is 5.82 Å². The molecule has 3 rings (SSSR count). The third kappa shape index (κ3) is 4.22. The molecule has 4 nitrogen and oxygen atoms in total. The van der Waals surface area contributed by atoms with Crippen molar-refractivity contribution in [2.75, 3.05) is 5.43 Å². The van der Waals surface area contributed by atoms with Crippen LogP contribution in [-0.4, -0.2) is 16.3 Å². The molecule has 0 radical (unpaired) electrons. The number of anilines is 1. The minimum Gasteiger partial charge on any atom is -0.506 e. The van der Waals surface area contributed by atoms with Crippen LogP contribution in [0.2, 0.25) is 0 Å². The van der Waals surface area contributed by atoms with Gasteiger partial charge in [-0.05, 0) is 67.8 Å². The van der Waals surface area contributed by atoms with Gasteiger partial charge in [-0.1, -0.05) is 18.2 Å². The molecule has 2 aromatic carbocycles. The van der Waals surface area contributed by atoms with Gasteiger partial charge in [-0.25, -0.2) is 4.98 Å². The number of hydrogen-bond donors (Lipinski definition) is 2. The number of nitrogens with zero attached hydrogens (tertiary/aromatic N) is 2. The number of nitrogens with one attached hydrogen (secondary N) is 1. The molecule has 0 aliphatic carbocycles. The number of hydrazone groups is 1. The lowest BCUT2D eigenvalue weighted by Crippen LogP contribution is -1.94. The van der Waals surface area contributed by atoms with Gasteiger partial charge in [-0.2, -0.15) is 5.10 Å². The number of pyridine rings is 1. The van der Waals surface area contributed by atoms with Crippen molar-refractivity contribution in [2.45, 2.75) is 0 Å². The lowest BCUT2D eigenvalue weighted by Gasteiger charge is -2.03. The quantitative estimate of drug-likeness (QED) is 0.413. The van der Waals surface area contributed by atoms with Crippen LogP contribution in [-0.2, 0) is 0 Å². The Morgan fingerprint density at radius 1 is 1.04 bits per heavy atom. The Morgan fingerprint density at radius 2 is 1.74 bits per heavy atom. The number of halogens is 3. The highest BCUT2D eigenvalue weighted by Crippen LogP contribution is 2.32. The van der Waals surface area contributed by atoms with Crippen molar-refractivity contribution >= 4 is 67.2 Å². The van der Waals surface area contributed by atoms with Gasteiger partial charge in [0, 0.05) is 5.39 Å². The Kier molecular flexibility index (Phi) is 5.98. The van der Waals surface area contributed by atoms with Gasteiger partial charge in [0.05, 0.1) is 20.7 Å². The zero-order chi connectivity index (χ0) is 15.5. The summed E-state index contributed by atoms with van der Waals surface area (Å²) in [6, 6.07) is 15.3. The highest BCUT2D eigenvalue weighted by atomic mass is 79.9. The summed E-state index contributed by atoms with van der Waals surface area (Å²) in [6.07, 6.45) is 1.66. The van der Waals surface area contributed by atoms with Crippen LogP contribution in [0.5, 0.6) is 5.75 Å². The first-order valence-electron chi connectivity index (χ1n) is 6.46. The van der Waals surface area contributed by atoms with Gasteiger partial charge in [-0.15, -0.1) is 12.4 Å². The Labute approximate surface area is 156 Å². The van der Waals surface area contributed by atoms with Gasteiger partial charge in [0.1, 0.15) is 11.6 Å². The summed E-state index contributed by atoms with van der Waals surface area (Å²) in [5.74, 6) is 0.841. The highest BCUT2D eigenvalue weighted by Gasteiger charge is 2.04. The number of para-hydroxylation sites is 1. The van der Waals surface area contributed by atoms with Crippen molar-refractivity contribution in [3.05, 3.63) is 63.0 Å². The lowest BCUT2D eigenvalue weighted by molar-refractivity contribution is 0.468. The molecule has 23 heavy (non-hydrogen) atoms. The normalized spacial score (nSPS) is 10.7. The molecule has 1 heterocycles. The van der Waals surface area contributed by atoms with Crippen LogP contribution in [0.15, 0.2) is 62.6 Å². The molecule has 1 aromatic heterocycles. The second-order valence-electron chi connectivity index (χ2n) is 4.59. The zero-order valence-corrected chi connectivity index (χ0v) is 15.7. The standard InChI is InChI=1S/C16H11Br2N3O.ClH/c17-12-7-10(8-13(18)16(12)22)9-19-21-15-6-5-11-3-1-2-4-14(11)20-15;/h1-9,22H,(H,20,21);1H/b19-9+;. The lowest BCUT2D eigenvalue weighted by atomic mass is 10.2. The second-order valence-corrected chi connectivity index (χ2v) is 6.30. The van der Waals surface area contributed by atoms with E-state index < -0.39 is 0 Å². The maximum atomic E-state index is 9.67. The fourth-order valence-electron chi connectivity index (χ4n) is 1.96. The molecular formula is C16H12Br2ClN3O. The molecular weight excluding hydrogens is 445 g/mol. The largest absolute Gasteiger partial charge is 0.506 e. The fourth-order valence-corrected chi connectivity index (χ4v) is 3.18. The summed E-state index contributed by atoms with van der Waals surface area (Å²) in [6.45, 7) is 0. The summed E-state index contributed by atoms with van der Waals surface area (Å²) in [7, 11) is 0. The summed E-state index contributed by atoms with van der Waals surface area (Å²) in [5, 5.41) is 14.9. The first kappa shape index (κ1) is 17.7. The van der Waals surface area contributed by atoms with Gasteiger partial charge in [0.15, 0.2) is 0 Å². The van der Waals surface area contributed by atoms with E-state index in [9.17, 15) is 5.11 Å². The predicted molar refractivity (Wildman–Crippen MR) is 104 cm³/mol. The van der Waals surface area contributed by atoms with E-state index in [1.807, 2.05) is 36.4 Å². The van der Waals surface area contributed by atoms with Gasteiger partial charge >= 0.3 is 0 Å². The molecule has 0 aliphatic rings. The Hall–Kier alpha value is -1.63. The average Bonchev–Trinajstić information content (AvgIpc) is 2.52. The van der Waals surface area contributed by atoms with Crippen LogP contribution in [0, 0.1) is 0 Å². The third-order valence-corrected chi connectivity index (χ3v) is 4.24. The summed E-state index contributed by atoms with van der Waals surface area (Å²) in [4.78, 5) is 4.47. The van der Waals surface area contributed by atoms with E-state index in [1.165, 1.54) is 0 Å². The third-order valence-electron chi connectivity index (χ3n) is 3.03. The zero-order valence-electron chi connectivity index (χ0n) is 11.7. The molecule has 0 unspecified atom stereocenters. The molecule has 0 aliphatic heterocycles. The molecule has 0 fully saturated rings. The molecule has 0 saturated heterocycles. The Bertz CT molecular complexity index is 848. The summed E-state index contributed by atoms with van der Waals surface area (Å²) >= 11 is 6.57. The number of fused-ring (bicyclic) bond motifs is 1. The minimum atomic E-state index is 0. The van der Waals surface area contributed by atoms with Crippen LogP contribution in [0.3, 0.4) is 0 Å². The number of aromatic nitrogens is 1. The minimum absolute atomic E-state index is 0. The number of hydrogen-bond acceptors (Lipinski definition) is 4. The molecule has 3 aromatic rings. The highest BCUT2D eigenvalue weighted by molar-refractivity contribution is 9.11. The van der Waals surface area contributed by atoms with Crippen molar-refractivity contribution in [1.82, 2.24) is 4.98 Å². The number of phenolic OH excluding ortho intramolecular Hbond substituents is 1. The summed E-state index contributed by atoms with van der Waals surface area (Å²) in [5.41, 5.74) is 4.66. The van der Waals surface area contributed by atoms with E-state index in [1.54, 1.807) is 18.3 Å². The van der Waals surface area contributed by atoms with Gasteiger partial charge in [-0.3, -0.25) is 5.43 Å². The Morgan fingerprint density at radius 3 is 2.48 bits per heavy atom. The number of aromatic hydroxyl groups is 1. The van der Waals surface area contributed by atoms with Gasteiger partial charge < -0.3 is 5.11 Å². The molecule has 2 N–H and O–H groups in total. The predicted octanol–water partition coefficient (Wildman–Crippen LogP) is 5.33. The van der Waals surface area contributed by atoms with Crippen LogP contribution >= 0.6 is 44.3 Å². The van der Waals surface area contributed by atoms with E-state index in [0.29, 0.717) is 14.8 Å². The van der Waals surface area contributed by atoms with Crippen molar-refractivity contribution in [3.8, 4) is 5.75 Å². The van der Waals surface area contributed by atoms with Crippen molar-refractivity contribution < 1.29 is 5.11 Å². The molecule has 0 amide bonds. The van der Waals surface area contributed by atoms with Crippen molar-refractivity contribution in [1.29, 1.82) is 0 Å². The van der Waals surface area contributed by atoms with Crippen LogP contribution in [0.25, 0.3) is 10.9 Å². The topological polar surface area (TPSA) is 57.5 Å². The fraction of sp³-hybridized carbons (Fsp3) is 0. The molecule has 118 valence electrons. The molecule has 7 heteroatoms. The van der Waals surface area contributed by atoms with Crippen molar-refractivity contribution in [3.63, 3.8) is 0 Å². The number of phenols is 1. The smallest absolute Gasteiger partial charge is 0.146 e. The summed E-state index contributed by atoms with van der Waals surface area (Å²) < 4.78 is 1.21. The monoisotopic (exact) mass is 455 g/mol. The van der Waals surface area contributed by atoms with E-state index in [0.717, 1.165) is 16.5 Å². The molecule has 0 spiro atoms. The average molecular weight is 458 g/mol. The van der Waals surface area contributed by atoms with E-state index in [-0.39, 0.29) is 18.2 Å². The maximum absolute atomic E-state index is 9.67.